The van der Waals surface area contributed by atoms with Crippen molar-refractivity contribution < 1.29 is 4.79 Å². The van der Waals surface area contributed by atoms with Crippen molar-refractivity contribution >= 4 is 41.5 Å². The van der Waals surface area contributed by atoms with Gasteiger partial charge in [0.1, 0.15) is 4.33 Å². The van der Waals surface area contributed by atoms with Crippen LogP contribution < -0.4 is 10.6 Å². The molecule has 0 radical (unpaired) electrons. The Bertz CT molecular complexity index is 242. The third-order valence-electron chi connectivity index (χ3n) is 2.79. The van der Waals surface area contributed by atoms with Gasteiger partial charge in [0, 0.05) is 12.6 Å². The van der Waals surface area contributed by atoms with Crippen molar-refractivity contribution in [2.45, 2.75) is 29.6 Å². The van der Waals surface area contributed by atoms with Crippen LogP contribution in [0.3, 0.4) is 0 Å². The fourth-order valence-electron chi connectivity index (χ4n) is 1.77. The molecule has 88 valence electrons. The first-order chi connectivity index (χ1) is 6.59. The number of halogens is 3. The zero-order valence-electron chi connectivity index (χ0n) is 8.26. The summed E-state index contributed by atoms with van der Waals surface area (Å²) in [6, 6.07) is 0.251. The maximum absolute atomic E-state index is 11.6. The van der Waals surface area contributed by atoms with Gasteiger partial charge in [-0.3, -0.25) is 4.79 Å². The standard InChI is InChI=1S/C9H14Cl2N2O.ClH/c10-9(11)4-7(9)8(14)13-6-2-1-3-12-5-6;/h6-7,12H,1-5H2,(H,13,14);1H/t6-,7?;/m1./s1. The number of hydrogen-bond donors (Lipinski definition) is 2. The Labute approximate surface area is 106 Å². The molecular weight excluding hydrogens is 258 g/mol. The van der Waals surface area contributed by atoms with Crippen molar-refractivity contribution in [2.75, 3.05) is 13.1 Å². The van der Waals surface area contributed by atoms with E-state index in [0.717, 1.165) is 25.9 Å². The number of alkyl halides is 2. The van der Waals surface area contributed by atoms with E-state index in [9.17, 15) is 4.79 Å². The molecule has 0 bridgehead atoms. The Balaban J connectivity index is 0.00000112. The predicted octanol–water partition coefficient (Wildman–Crippen LogP) is 1.47. The van der Waals surface area contributed by atoms with E-state index in [0.29, 0.717) is 6.42 Å². The van der Waals surface area contributed by atoms with Crippen LogP contribution in [0, 0.1) is 5.92 Å². The third-order valence-corrected chi connectivity index (χ3v) is 3.62. The molecule has 1 unspecified atom stereocenters. The van der Waals surface area contributed by atoms with Crippen LogP contribution in [0.5, 0.6) is 0 Å². The lowest BCUT2D eigenvalue weighted by Crippen LogP contribution is -2.46. The highest BCUT2D eigenvalue weighted by atomic mass is 35.5. The first-order valence-corrected chi connectivity index (χ1v) is 5.74. The van der Waals surface area contributed by atoms with Crippen molar-refractivity contribution in [1.82, 2.24) is 10.6 Å². The molecule has 1 aliphatic carbocycles. The summed E-state index contributed by atoms with van der Waals surface area (Å²) in [7, 11) is 0. The molecule has 6 heteroatoms. The van der Waals surface area contributed by atoms with Crippen molar-refractivity contribution in [3.63, 3.8) is 0 Å². The predicted molar refractivity (Wildman–Crippen MR) is 63.8 cm³/mol. The molecule has 2 rings (SSSR count). The number of amides is 1. The Kier molecular flexibility index (Phi) is 4.53. The molecule has 2 fully saturated rings. The first kappa shape index (κ1) is 13.4. The summed E-state index contributed by atoms with van der Waals surface area (Å²) in [5.41, 5.74) is 0. The summed E-state index contributed by atoms with van der Waals surface area (Å²) in [4.78, 5) is 11.6. The van der Waals surface area contributed by atoms with Crippen molar-refractivity contribution in [3.8, 4) is 0 Å². The van der Waals surface area contributed by atoms with E-state index in [-0.39, 0.29) is 30.3 Å². The Morgan fingerprint density at radius 3 is 2.60 bits per heavy atom. The molecule has 0 aromatic rings. The molecule has 2 atom stereocenters. The molecule has 1 heterocycles. The average molecular weight is 274 g/mol. The number of carbonyl (C=O) groups is 1. The number of piperidine rings is 1. The van der Waals surface area contributed by atoms with E-state index in [2.05, 4.69) is 10.6 Å². The molecule has 3 nitrogen and oxygen atoms in total. The number of hydrogen-bond acceptors (Lipinski definition) is 2. The van der Waals surface area contributed by atoms with Gasteiger partial charge in [-0.2, -0.15) is 0 Å². The van der Waals surface area contributed by atoms with E-state index in [4.69, 9.17) is 23.2 Å². The first-order valence-electron chi connectivity index (χ1n) is 4.98. The molecular formula is C9H15Cl3N2O. The molecule has 1 saturated heterocycles. The zero-order chi connectivity index (χ0) is 10.2. The van der Waals surface area contributed by atoms with E-state index >= 15 is 0 Å². The summed E-state index contributed by atoms with van der Waals surface area (Å²) in [5, 5.41) is 6.21. The van der Waals surface area contributed by atoms with Crippen LogP contribution in [0.25, 0.3) is 0 Å². The second-order valence-electron chi connectivity index (χ2n) is 4.07. The maximum Gasteiger partial charge on any atom is 0.226 e. The van der Waals surface area contributed by atoms with Gasteiger partial charge in [0.2, 0.25) is 5.91 Å². The molecule has 2 N–H and O–H groups in total. The monoisotopic (exact) mass is 272 g/mol. The lowest BCUT2D eigenvalue weighted by atomic mass is 10.1. The average Bonchev–Trinajstić information content (AvgIpc) is 2.77. The van der Waals surface area contributed by atoms with Gasteiger partial charge in [0.15, 0.2) is 0 Å². The maximum atomic E-state index is 11.6. The number of rotatable bonds is 2. The van der Waals surface area contributed by atoms with Gasteiger partial charge >= 0.3 is 0 Å². The van der Waals surface area contributed by atoms with Crippen LogP contribution in [0.4, 0.5) is 0 Å². The Morgan fingerprint density at radius 2 is 2.13 bits per heavy atom. The van der Waals surface area contributed by atoms with Crippen molar-refractivity contribution in [1.29, 1.82) is 0 Å². The van der Waals surface area contributed by atoms with Crippen LogP contribution in [-0.2, 0) is 4.79 Å². The quantitative estimate of drug-likeness (QED) is 0.748. The molecule has 15 heavy (non-hydrogen) atoms. The second kappa shape index (κ2) is 5.09. The van der Waals surface area contributed by atoms with Gasteiger partial charge in [0.05, 0.1) is 5.92 Å². The normalized spacial score (nSPS) is 32.7. The lowest BCUT2D eigenvalue weighted by molar-refractivity contribution is -0.123. The SMILES string of the molecule is Cl.O=C(N[C@@H]1CCCNC1)C1CC1(Cl)Cl. The Hall–Kier alpha value is 0.300. The number of nitrogens with one attached hydrogen (secondary N) is 2. The van der Waals surface area contributed by atoms with Gasteiger partial charge in [-0.25, -0.2) is 0 Å². The summed E-state index contributed by atoms with van der Waals surface area (Å²) in [5.74, 6) is -0.198. The minimum atomic E-state index is -0.799. The molecule has 2 aliphatic rings. The zero-order valence-corrected chi connectivity index (χ0v) is 10.6. The van der Waals surface area contributed by atoms with Crippen LogP contribution in [0.1, 0.15) is 19.3 Å². The Morgan fingerprint density at radius 1 is 1.47 bits per heavy atom. The van der Waals surface area contributed by atoms with E-state index in [1.165, 1.54) is 0 Å². The summed E-state index contributed by atoms with van der Waals surface area (Å²) in [6.45, 7) is 1.90. The van der Waals surface area contributed by atoms with Crippen LogP contribution in [0.2, 0.25) is 0 Å². The fourth-order valence-corrected chi connectivity index (χ4v) is 2.28. The van der Waals surface area contributed by atoms with Gasteiger partial charge in [-0.15, -0.1) is 35.6 Å². The van der Waals surface area contributed by atoms with Gasteiger partial charge in [-0.05, 0) is 25.8 Å². The summed E-state index contributed by atoms with van der Waals surface area (Å²) >= 11 is 11.6. The van der Waals surface area contributed by atoms with Crippen LogP contribution in [-0.4, -0.2) is 29.4 Å². The highest BCUT2D eigenvalue weighted by Gasteiger charge is 2.56. The fraction of sp³-hybridized carbons (Fsp3) is 0.889. The van der Waals surface area contributed by atoms with Crippen molar-refractivity contribution in [2.24, 2.45) is 5.92 Å². The largest absolute Gasteiger partial charge is 0.352 e. The smallest absolute Gasteiger partial charge is 0.226 e. The molecule has 0 aromatic heterocycles. The van der Waals surface area contributed by atoms with Gasteiger partial charge < -0.3 is 10.6 Å². The van der Waals surface area contributed by atoms with Gasteiger partial charge in [-0.1, -0.05) is 0 Å². The molecule has 1 aliphatic heterocycles. The molecule has 1 amide bonds. The van der Waals surface area contributed by atoms with E-state index in [1.54, 1.807) is 0 Å². The van der Waals surface area contributed by atoms with Crippen LogP contribution in [0.15, 0.2) is 0 Å². The molecule has 0 aromatic carbocycles. The second-order valence-corrected chi connectivity index (χ2v) is 5.61. The minimum Gasteiger partial charge on any atom is -0.352 e. The van der Waals surface area contributed by atoms with E-state index in [1.807, 2.05) is 0 Å². The molecule has 1 saturated carbocycles. The van der Waals surface area contributed by atoms with Crippen LogP contribution >= 0.6 is 35.6 Å². The molecule has 0 spiro atoms. The minimum absolute atomic E-state index is 0. The summed E-state index contributed by atoms with van der Waals surface area (Å²) < 4.78 is -0.799. The third kappa shape index (κ3) is 3.38. The summed E-state index contributed by atoms with van der Waals surface area (Å²) in [6.07, 6.45) is 2.74. The lowest BCUT2D eigenvalue weighted by Gasteiger charge is -2.23. The number of carbonyl (C=O) groups excluding carboxylic acids is 1. The highest BCUT2D eigenvalue weighted by molar-refractivity contribution is 6.52. The topological polar surface area (TPSA) is 41.1 Å². The van der Waals surface area contributed by atoms with E-state index < -0.39 is 4.33 Å². The highest BCUT2D eigenvalue weighted by Crippen LogP contribution is 2.53. The van der Waals surface area contributed by atoms with Crippen molar-refractivity contribution in [3.05, 3.63) is 0 Å². The van der Waals surface area contributed by atoms with Gasteiger partial charge in [0.25, 0.3) is 0 Å².